The number of para-hydroxylation sites is 3. The number of aromatic nitrogens is 3. The molecule has 618 valence electrons. The maximum absolute atomic E-state index is 2.49. The van der Waals surface area contributed by atoms with Crippen LogP contribution in [-0.4, -0.2) is 13.7 Å². The normalized spacial score (nSPS) is 11.6. The SMILES string of the molecule is c1ccc(-c2ccc(-c3ccc4c(c3)c3cc(N(c5ccccc5)c5cc(N(c6ccccc6)c6ccc7c(c6)c6cc(-c8ccc(-c9ccccc9)cc8)ccc6n7-c6cccc7ccccc67)cc(N(c6ccccc6)c6ccc7c(c6)c6cc(-c8ccc(-c9ccccc9)cc8)ccc6n7-c6cccc7ccccc67)c5)ccc3n4-c3cccc4ccccc34)cc2)cc1. The fraction of sp³-hybridized carbons (Fsp3) is 0. The van der Waals surface area contributed by atoms with Crippen LogP contribution in [0.25, 0.3) is 182 Å². The molecule has 0 fully saturated rings. The Balaban J connectivity index is 0.738. The molecule has 0 radical (unpaired) electrons. The van der Waals surface area contributed by atoms with E-state index in [4.69, 9.17) is 0 Å². The molecule has 0 bridgehead atoms. The van der Waals surface area contributed by atoms with E-state index in [1.165, 1.54) is 65.7 Å². The first kappa shape index (κ1) is 76.8. The van der Waals surface area contributed by atoms with Gasteiger partial charge >= 0.3 is 0 Å². The number of nitrogens with zero attached hydrogens (tertiary/aromatic N) is 6. The van der Waals surface area contributed by atoms with E-state index in [-0.39, 0.29) is 0 Å². The van der Waals surface area contributed by atoms with Crippen LogP contribution in [0.15, 0.2) is 510 Å². The van der Waals surface area contributed by atoms with Gasteiger partial charge in [0.15, 0.2) is 0 Å². The predicted octanol–water partition coefficient (Wildman–Crippen LogP) is 34.8. The summed E-state index contributed by atoms with van der Waals surface area (Å²) in [7, 11) is 0. The quantitative estimate of drug-likeness (QED) is 0.0856. The van der Waals surface area contributed by atoms with Crippen LogP contribution in [0.3, 0.4) is 0 Å². The fourth-order valence-electron chi connectivity index (χ4n) is 20.5. The Bertz CT molecular complexity index is 7890. The maximum Gasteiger partial charge on any atom is 0.0542 e. The van der Waals surface area contributed by atoms with Crippen LogP contribution in [0.4, 0.5) is 51.2 Å². The molecule has 25 aromatic rings. The van der Waals surface area contributed by atoms with E-state index >= 15 is 0 Å². The van der Waals surface area contributed by atoms with Gasteiger partial charge in [0.25, 0.3) is 0 Å². The molecule has 0 unspecified atom stereocenters. The molecule has 0 aliphatic heterocycles. The lowest BCUT2D eigenvalue weighted by atomic mass is 9.99. The second-order valence-electron chi connectivity index (χ2n) is 34.4. The van der Waals surface area contributed by atoms with E-state index in [1.54, 1.807) is 0 Å². The van der Waals surface area contributed by atoms with Crippen molar-refractivity contribution in [2.75, 3.05) is 14.7 Å². The van der Waals surface area contributed by atoms with Gasteiger partial charge in [0.05, 0.1) is 67.2 Å². The summed E-state index contributed by atoms with van der Waals surface area (Å²) in [6.07, 6.45) is 0. The summed E-state index contributed by atoms with van der Waals surface area (Å²) < 4.78 is 7.46. The van der Waals surface area contributed by atoms with Crippen LogP contribution in [0.1, 0.15) is 0 Å². The van der Waals surface area contributed by atoms with Crippen LogP contribution in [-0.2, 0) is 0 Å². The maximum atomic E-state index is 2.49. The second kappa shape index (κ2) is 32.4. The van der Waals surface area contributed by atoms with Gasteiger partial charge in [-0.2, -0.15) is 0 Å². The van der Waals surface area contributed by atoms with Crippen molar-refractivity contribution in [1.82, 2.24) is 13.7 Å². The Morgan fingerprint density at radius 3 is 0.576 bits per heavy atom. The average Bonchev–Trinajstić information content (AvgIpc) is 1.58. The average molecular weight is 1680 g/mol. The summed E-state index contributed by atoms with van der Waals surface area (Å²) >= 11 is 0. The highest BCUT2D eigenvalue weighted by molar-refractivity contribution is 6.17. The summed E-state index contributed by atoms with van der Waals surface area (Å²) in [6.45, 7) is 0. The standard InChI is InChI=1S/C126H84N6/c1-7-28-85(29-8-1)88-52-58-91(59-53-88)97-64-70-121-112(76-97)115-82-103(67-73-124(115)130(121)118-49-25-37-94-34-19-22-46-109(94)118)127(100-40-13-4-14-41-100)106-79-107(128(101-42-15-5-16-43-101)104-68-74-125-116(83-104)113-77-98(92-60-54-89(55-61-92)86-30-9-2-10-31-86)65-71-122(113)131(125)119-50-26-38-95-35-20-23-47-110(95)119)81-108(80-106)129(102-44-17-6-18-45-102)105-69-75-126-117(84-105)114-78-99(93-62-56-90(57-63-93)87-32-11-3-12-33-87)66-72-123(114)132(126)120-51-27-39-96-36-21-24-48-111(96)120/h1-84H. The molecule has 0 amide bonds. The largest absolute Gasteiger partial charge is 0.310 e. The molecule has 0 spiro atoms. The molecule has 0 aliphatic rings. The van der Waals surface area contributed by atoms with Crippen molar-refractivity contribution in [2.45, 2.75) is 0 Å². The van der Waals surface area contributed by atoms with Gasteiger partial charge in [0.1, 0.15) is 0 Å². The topological polar surface area (TPSA) is 24.5 Å². The highest BCUT2D eigenvalue weighted by Gasteiger charge is 2.28. The van der Waals surface area contributed by atoms with E-state index in [0.29, 0.717) is 0 Å². The minimum atomic E-state index is 0.944. The monoisotopic (exact) mass is 1680 g/mol. The van der Waals surface area contributed by atoms with Gasteiger partial charge in [0.2, 0.25) is 0 Å². The van der Waals surface area contributed by atoms with E-state index in [0.717, 1.165) is 167 Å². The zero-order valence-corrected chi connectivity index (χ0v) is 72.2. The number of anilines is 9. The minimum Gasteiger partial charge on any atom is -0.310 e. The number of rotatable bonds is 18. The van der Waals surface area contributed by atoms with Crippen molar-refractivity contribution in [2.24, 2.45) is 0 Å². The van der Waals surface area contributed by atoms with Gasteiger partial charge in [-0.25, -0.2) is 0 Å². The molecule has 0 atom stereocenters. The van der Waals surface area contributed by atoms with Gasteiger partial charge in [-0.3, -0.25) is 0 Å². The third kappa shape index (κ3) is 13.5. The fourth-order valence-corrected chi connectivity index (χ4v) is 20.5. The molecule has 0 aliphatic carbocycles. The van der Waals surface area contributed by atoms with Gasteiger partial charge in [-0.15, -0.1) is 0 Å². The minimum absolute atomic E-state index is 0.944. The molecule has 0 saturated carbocycles. The predicted molar refractivity (Wildman–Crippen MR) is 559 cm³/mol. The number of benzene rings is 22. The Hall–Kier alpha value is -17.6. The van der Waals surface area contributed by atoms with Gasteiger partial charge in [-0.05, 0) is 247 Å². The van der Waals surface area contributed by atoms with Crippen molar-refractivity contribution in [1.29, 1.82) is 0 Å². The summed E-state index contributed by atoms with van der Waals surface area (Å²) in [5, 5.41) is 13.9. The zero-order chi connectivity index (χ0) is 87.1. The molecule has 3 heterocycles. The second-order valence-corrected chi connectivity index (χ2v) is 34.4. The van der Waals surface area contributed by atoms with E-state index in [2.05, 4.69) is 538 Å². The molecule has 6 heteroatoms. The van der Waals surface area contributed by atoms with Crippen molar-refractivity contribution in [3.05, 3.63) is 510 Å². The van der Waals surface area contributed by atoms with E-state index in [1.807, 2.05) is 0 Å². The van der Waals surface area contributed by atoms with Gasteiger partial charge < -0.3 is 28.4 Å². The zero-order valence-electron chi connectivity index (χ0n) is 72.2. The molecular weight excluding hydrogens is 1600 g/mol. The van der Waals surface area contributed by atoms with Crippen molar-refractivity contribution < 1.29 is 0 Å². The number of hydrogen-bond donors (Lipinski definition) is 0. The molecule has 0 saturated heterocycles. The van der Waals surface area contributed by atoms with Crippen molar-refractivity contribution in [3.8, 4) is 83.8 Å². The Morgan fingerprint density at radius 2 is 0.311 bits per heavy atom. The Labute approximate surface area is 765 Å². The van der Waals surface area contributed by atoms with E-state index < -0.39 is 0 Å². The Kier molecular flexibility index (Phi) is 18.8. The van der Waals surface area contributed by atoms with Crippen LogP contribution in [0.5, 0.6) is 0 Å². The molecule has 25 rings (SSSR count). The number of hydrogen-bond acceptors (Lipinski definition) is 3. The first-order chi connectivity index (χ1) is 65.4. The van der Waals surface area contributed by atoms with Crippen LogP contribution in [0.2, 0.25) is 0 Å². The smallest absolute Gasteiger partial charge is 0.0542 e. The van der Waals surface area contributed by atoms with Gasteiger partial charge in [0, 0.05) is 82.6 Å². The van der Waals surface area contributed by atoms with Crippen LogP contribution in [0, 0.1) is 0 Å². The molecule has 132 heavy (non-hydrogen) atoms. The number of fused-ring (bicyclic) bond motifs is 12. The van der Waals surface area contributed by atoms with Crippen LogP contribution < -0.4 is 14.7 Å². The molecule has 3 aromatic heterocycles. The third-order valence-corrected chi connectivity index (χ3v) is 26.7. The summed E-state index contributed by atoms with van der Waals surface area (Å²) in [5.74, 6) is 0. The van der Waals surface area contributed by atoms with Crippen molar-refractivity contribution in [3.63, 3.8) is 0 Å². The summed E-state index contributed by atoms with van der Waals surface area (Å²) in [6, 6.07) is 188. The molecular formula is C126H84N6. The third-order valence-electron chi connectivity index (χ3n) is 26.7. The first-order valence-electron chi connectivity index (χ1n) is 45.3. The lowest BCUT2D eigenvalue weighted by molar-refractivity contribution is 1.19. The Morgan fingerprint density at radius 1 is 0.114 bits per heavy atom. The highest BCUT2D eigenvalue weighted by atomic mass is 15.2. The summed E-state index contributed by atoms with van der Waals surface area (Å²) in [5.41, 5.74) is 32.8. The molecule has 22 aromatic carbocycles. The summed E-state index contributed by atoms with van der Waals surface area (Å²) in [4.78, 5) is 7.45. The van der Waals surface area contributed by atoms with Crippen molar-refractivity contribution >= 4 is 149 Å². The lowest BCUT2D eigenvalue weighted by Crippen LogP contribution is -2.16. The first-order valence-corrected chi connectivity index (χ1v) is 45.3. The van der Waals surface area contributed by atoms with E-state index in [9.17, 15) is 0 Å². The van der Waals surface area contributed by atoms with Crippen LogP contribution >= 0.6 is 0 Å². The lowest BCUT2D eigenvalue weighted by Gasteiger charge is -2.33. The molecule has 6 nitrogen and oxygen atoms in total. The highest BCUT2D eigenvalue weighted by Crippen LogP contribution is 2.51. The van der Waals surface area contributed by atoms with Gasteiger partial charge in [-0.1, -0.05) is 346 Å². The molecule has 0 N–H and O–H groups in total.